The van der Waals surface area contributed by atoms with Crippen LogP contribution in [0.2, 0.25) is 0 Å². The molecular formula is C27H24N8O2. The minimum atomic E-state index is -0.464. The molecule has 184 valence electrons. The Labute approximate surface area is 211 Å². The third-order valence-corrected chi connectivity index (χ3v) is 6.51. The molecule has 3 N–H and O–H groups in total. The minimum Gasteiger partial charge on any atom is -0.381 e. The van der Waals surface area contributed by atoms with Gasteiger partial charge in [-0.1, -0.05) is 24.0 Å². The average molecular weight is 493 g/mol. The van der Waals surface area contributed by atoms with Crippen molar-refractivity contribution in [2.75, 3.05) is 5.73 Å². The predicted molar refractivity (Wildman–Crippen MR) is 139 cm³/mol. The van der Waals surface area contributed by atoms with E-state index in [-0.39, 0.29) is 23.0 Å². The minimum absolute atomic E-state index is 0.0919. The second-order valence-corrected chi connectivity index (χ2v) is 9.24. The fourth-order valence-corrected chi connectivity index (χ4v) is 4.63. The van der Waals surface area contributed by atoms with E-state index in [0.29, 0.717) is 16.6 Å². The standard InChI is InChI=1S/C27H24N8O2/c1-16(31-26(36)23-24(28)32-34-12-4-11-29-25(23)34)21-13-19-6-3-5-18(8-7-17-14-30-33(2)15-17)22(19)27(37)35(21)20-9-10-20/h3-6,11-16,20H,9-10H2,1-2H3,(H2,28,32)(H,31,36). The average Bonchev–Trinajstić information content (AvgIpc) is 3.53. The molecule has 5 aromatic rings. The molecule has 4 aromatic heterocycles. The molecule has 1 aliphatic carbocycles. The molecule has 1 aliphatic rings. The molecule has 1 aromatic carbocycles. The highest BCUT2D eigenvalue weighted by atomic mass is 16.2. The van der Waals surface area contributed by atoms with Gasteiger partial charge in [0.1, 0.15) is 5.56 Å². The van der Waals surface area contributed by atoms with Crippen molar-refractivity contribution >= 4 is 28.1 Å². The van der Waals surface area contributed by atoms with Crippen LogP contribution in [0.15, 0.2) is 59.9 Å². The summed E-state index contributed by atoms with van der Waals surface area (Å²) in [4.78, 5) is 31.3. The van der Waals surface area contributed by atoms with Crippen LogP contribution in [0.25, 0.3) is 16.4 Å². The maximum Gasteiger partial charge on any atom is 0.260 e. The monoisotopic (exact) mass is 492 g/mol. The normalized spacial score (nSPS) is 13.9. The second-order valence-electron chi connectivity index (χ2n) is 9.24. The Morgan fingerprint density at radius 2 is 2.08 bits per heavy atom. The van der Waals surface area contributed by atoms with E-state index >= 15 is 0 Å². The molecule has 0 radical (unpaired) electrons. The van der Waals surface area contributed by atoms with E-state index in [1.54, 1.807) is 33.9 Å². The van der Waals surface area contributed by atoms with Crippen LogP contribution < -0.4 is 16.6 Å². The van der Waals surface area contributed by atoms with Crippen LogP contribution in [0.3, 0.4) is 0 Å². The molecule has 10 heteroatoms. The van der Waals surface area contributed by atoms with Crippen molar-refractivity contribution < 1.29 is 4.79 Å². The van der Waals surface area contributed by atoms with E-state index in [2.05, 4.69) is 32.3 Å². The van der Waals surface area contributed by atoms with E-state index in [4.69, 9.17) is 5.73 Å². The Morgan fingerprint density at radius 1 is 1.24 bits per heavy atom. The molecule has 10 nitrogen and oxygen atoms in total. The summed E-state index contributed by atoms with van der Waals surface area (Å²) >= 11 is 0. The summed E-state index contributed by atoms with van der Waals surface area (Å²) < 4.78 is 4.96. The van der Waals surface area contributed by atoms with Crippen LogP contribution in [0.5, 0.6) is 0 Å². The number of hydrogen-bond donors (Lipinski definition) is 2. The topological polar surface area (TPSA) is 125 Å². The second kappa shape index (κ2) is 8.64. The quantitative estimate of drug-likeness (QED) is 0.372. The zero-order chi connectivity index (χ0) is 25.7. The molecule has 1 fully saturated rings. The molecule has 1 amide bonds. The zero-order valence-electron chi connectivity index (χ0n) is 20.3. The first-order valence-corrected chi connectivity index (χ1v) is 12.0. The summed E-state index contributed by atoms with van der Waals surface area (Å²) in [6.07, 6.45) is 8.60. The van der Waals surface area contributed by atoms with Crippen LogP contribution in [0, 0.1) is 11.8 Å². The summed E-state index contributed by atoms with van der Waals surface area (Å²) in [6.45, 7) is 1.86. The van der Waals surface area contributed by atoms with Gasteiger partial charge >= 0.3 is 0 Å². The highest BCUT2D eigenvalue weighted by molar-refractivity contribution is 6.04. The lowest BCUT2D eigenvalue weighted by atomic mass is 10.0. The molecule has 6 rings (SSSR count). The van der Waals surface area contributed by atoms with Crippen LogP contribution >= 0.6 is 0 Å². The maximum atomic E-state index is 13.8. The molecule has 1 unspecified atom stereocenters. The first kappa shape index (κ1) is 22.5. The van der Waals surface area contributed by atoms with Crippen molar-refractivity contribution in [2.45, 2.75) is 31.8 Å². The number of nitrogens with two attached hydrogens (primary N) is 1. The van der Waals surface area contributed by atoms with Crippen LogP contribution in [-0.4, -0.2) is 34.9 Å². The largest absolute Gasteiger partial charge is 0.381 e. The Bertz CT molecular complexity index is 1810. The molecule has 1 saturated carbocycles. The number of aryl methyl sites for hydroxylation is 1. The van der Waals surface area contributed by atoms with Gasteiger partial charge in [0, 0.05) is 42.9 Å². The number of anilines is 1. The van der Waals surface area contributed by atoms with Gasteiger partial charge in [0.15, 0.2) is 11.5 Å². The molecule has 0 aliphatic heterocycles. The van der Waals surface area contributed by atoms with Crippen molar-refractivity contribution in [3.8, 4) is 11.8 Å². The number of pyridine rings is 1. The van der Waals surface area contributed by atoms with Crippen molar-refractivity contribution in [3.05, 3.63) is 87.9 Å². The molecule has 37 heavy (non-hydrogen) atoms. The SMILES string of the molecule is CC(NC(=O)c1c(N)nn2cccnc12)c1cc2cccc(C#Cc3cnn(C)c3)c2c(=O)n1C1CC1. The van der Waals surface area contributed by atoms with Gasteiger partial charge in [-0.05, 0) is 43.4 Å². The highest BCUT2D eigenvalue weighted by Crippen LogP contribution is 2.37. The molecular weight excluding hydrogens is 468 g/mol. The zero-order valence-corrected chi connectivity index (χ0v) is 20.3. The molecule has 1 atom stereocenters. The van der Waals surface area contributed by atoms with Gasteiger partial charge < -0.3 is 15.6 Å². The van der Waals surface area contributed by atoms with Gasteiger partial charge in [0.25, 0.3) is 11.5 Å². The van der Waals surface area contributed by atoms with E-state index in [0.717, 1.165) is 29.5 Å². The summed E-state index contributed by atoms with van der Waals surface area (Å²) in [5.74, 6) is 5.95. The number of hydrogen-bond acceptors (Lipinski definition) is 6. The number of aromatic nitrogens is 6. The van der Waals surface area contributed by atoms with Gasteiger partial charge in [-0.15, -0.1) is 5.10 Å². The number of carbonyl (C=O) groups excluding carboxylic acids is 1. The summed E-state index contributed by atoms with van der Waals surface area (Å²) in [7, 11) is 1.83. The van der Waals surface area contributed by atoms with Crippen molar-refractivity contribution in [1.29, 1.82) is 0 Å². The van der Waals surface area contributed by atoms with Crippen molar-refractivity contribution in [3.63, 3.8) is 0 Å². The molecule has 0 spiro atoms. The fraction of sp³-hybridized carbons (Fsp3) is 0.222. The van der Waals surface area contributed by atoms with Gasteiger partial charge in [0.05, 0.1) is 23.2 Å². The fourth-order valence-electron chi connectivity index (χ4n) is 4.63. The smallest absolute Gasteiger partial charge is 0.260 e. The summed E-state index contributed by atoms with van der Waals surface area (Å²) in [6, 6.07) is 8.94. The van der Waals surface area contributed by atoms with Crippen LogP contribution in [-0.2, 0) is 7.05 Å². The number of fused-ring (bicyclic) bond motifs is 2. The number of nitrogen functional groups attached to an aromatic ring is 1. The molecule has 0 saturated heterocycles. The number of benzene rings is 1. The predicted octanol–water partition coefficient (Wildman–Crippen LogP) is 2.59. The Balaban J connectivity index is 1.41. The Kier molecular flexibility index (Phi) is 5.26. The highest BCUT2D eigenvalue weighted by Gasteiger charge is 2.30. The molecule has 0 bridgehead atoms. The van der Waals surface area contributed by atoms with Gasteiger partial charge in [-0.2, -0.15) is 5.10 Å². The third-order valence-electron chi connectivity index (χ3n) is 6.51. The number of carbonyl (C=O) groups is 1. The Morgan fingerprint density at radius 3 is 2.84 bits per heavy atom. The van der Waals surface area contributed by atoms with Crippen LogP contribution in [0.1, 0.15) is 59.0 Å². The van der Waals surface area contributed by atoms with E-state index in [1.807, 2.05) is 44.4 Å². The van der Waals surface area contributed by atoms with Crippen LogP contribution in [0.4, 0.5) is 5.82 Å². The lowest BCUT2D eigenvalue weighted by Gasteiger charge is -2.21. The van der Waals surface area contributed by atoms with E-state index in [1.165, 1.54) is 4.52 Å². The number of amides is 1. The van der Waals surface area contributed by atoms with E-state index in [9.17, 15) is 9.59 Å². The van der Waals surface area contributed by atoms with Crippen molar-refractivity contribution in [2.24, 2.45) is 7.05 Å². The number of nitrogens with one attached hydrogen (secondary N) is 1. The number of rotatable bonds is 4. The van der Waals surface area contributed by atoms with E-state index < -0.39 is 11.9 Å². The maximum absolute atomic E-state index is 13.8. The Hall–Kier alpha value is -4.91. The first-order chi connectivity index (χ1) is 17.9. The third kappa shape index (κ3) is 4.00. The van der Waals surface area contributed by atoms with Crippen molar-refractivity contribution in [1.82, 2.24) is 34.3 Å². The lowest BCUT2D eigenvalue weighted by Crippen LogP contribution is -2.33. The molecule has 4 heterocycles. The van der Waals surface area contributed by atoms with Gasteiger partial charge in [-0.25, -0.2) is 9.50 Å². The summed E-state index contributed by atoms with van der Waals surface area (Å²) in [5, 5.41) is 12.7. The van der Waals surface area contributed by atoms with Gasteiger partial charge in [-0.3, -0.25) is 14.3 Å². The lowest BCUT2D eigenvalue weighted by molar-refractivity contribution is 0.0940. The van der Waals surface area contributed by atoms with Gasteiger partial charge in [0.2, 0.25) is 0 Å². The first-order valence-electron chi connectivity index (χ1n) is 12.0. The number of nitrogens with zero attached hydrogens (tertiary/aromatic N) is 6. The summed E-state index contributed by atoms with van der Waals surface area (Å²) in [5.41, 5.74) is 8.68.